The third-order valence-electron chi connectivity index (χ3n) is 2.91. The molecule has 1 aromatic carbocycles. The molecule has 0 aliphatic heterocycles. The van der Waals surface area contributed by atoms with E-state index in [1.54, 1.807) is 13.2 Å². The van der Waals surface area contributed by atoms with E-state index in [2.05, 4.69) is 19.6 Å². The summed E-state index contributed by atoms with van der Waals surface area (Å²) in [6, 6.07) is 7.61. The summed E-state index contributed by atoms with van der Waals surface area (Å²) in [7, 11) is 3.02. The molecule has 0 amide bonds. The van der Waals surface area contributed by atoms with Crippen LogP contribution in [0.3, 0.4) is 0 Å². The largest absolute Gasteiger partial charge is 0.497 e. The van der Waals surface area contributed by atoms with Crippen LogP contribution in [0.1, 0.15) is 32.3 Å². The Morgan fingerprint density at radius 3 is 2.70 bits per heavy atom. The van der Waals surface area contributed by atoms with Gasteiger partial charge in [-0.3, -0.25) is 0 Å². The molecule has 0 unspecified atom stereocenters. The lowest BCUT2D eigenvalue weighted by Crippen LogP contribution is -2.05. The normalized spacial score (nSPS) is 9.85. The third-order valence-corrected chi connectivity index (χ3v) is 2.91. The number of esters is 1. The van der Waals surface area contributed by atoms with Crippen molar-refractivity contribution in [2.24, 2.45) is 5.92 Å². The van der Waals surface area contributed by atoms with Crippen molar-refractivity contribution in [3.63, 3.8) is 0 Å². The Morgan fingerprint density at radius 1 is 1.35 bits per heavy atom. The van der Waals surface area contributed by atoms with Gasteiger partial charge in [-0.25, -0.2) is 4.79 Å². The molecule has 0 aromatic heterocycles. The maximum absolute atomic E-state index is 11.7. The van der Waals surface area contributed by atoms with Crippen molar-refractivity contribution in [3.8, 4) is 5.75 Å². The van der Waals surface area contributed by atoms with Crippen LogP contribution in [0.15, 0.2) is 35.6 Å². The first-order valence-corrected chi connectivity index (χ1v) is 6.74. The summed E-state index contributed by atoms with van der Waals surface area (Å²) in [6.07, 6.45) is 3.39. The van der Waals surface area contributed by atoms with Gasteiger partial charge in [-0.2, -0.15) is 0 Å². The molecule has 1 aromatic rings. The summed E-state index contributed by atoms with van der Waals surface area (Å²) in [5, 5.41) is 0. The van der Waals surface area contributed by atoms with Gasteiger partial charge in [-0.1, -0.05) is 26.0 Å². The van der Waals surface area contributed by atoms with Gasteiger partial charge in [0.1, 0.15) is 5.75 Å². The van der Waals surface area contributed by atoms with Crippen molar-refractivity contribution in [1.82, 2.24) is 0 Å². The van der Waals surface area contributed by atoms with Crippen molar-refractivity contribution in [1.29, 1.82) is 0 Å². The molecule has 108 valence electrons. The molecule has 0 aliphatic rings. The zero-order valence-corrected chi connectivity index (χ0v) is 12.6. The minimum absolute atomic E-state index is 0.315. The van der Waals surface area contributed by atoms with Crippen molar-refractivity contribution in [2.45, 2.75) is 26.7 Å². The molecule has 0 fully saturated rings. The number of rotatable bonds is 6. The third kappa shape index (κ3) is 5.33. The number of ether oxygens (including phenoxy) is 2. The molecular weight excluding hydrogens is 252 g/mol. The molecule has 0 saturated carbocycles. The average Bonchev–Trinajstić information content (AvgIpc) is 2.46. The molecule has 0 spiro atoms. The smallest absolute Gasteiger partial charge is 0.341 e. The predicted molar refractivity (Wildman–Crippen MR) is 80.6 cm³/mol. The van der Waals surface area contributed by atoms with Crippen molar-refractivity contribution < 1.29 is 14.3 Å². The second-order valence-corrected chi connectivity index (χ2v) is 4.97. The van der Waals surface area contributed by atoms with E-state index in [0.717, 1.165) is 17.7 Å². The quantitative estimate of drug-likeness (QED) is 0.449. The van der Waals surface area contributed by atoms with Crippen LogP contribution >= 0.6 is 0 Å². The monoisotopic (exact) mass is 274 g/mol. The number of carbonyl (C=O) groups is 1. The van der Waals surface area contributed by atoms with Gasteiger partial charge in [-0.05, 0) is 42.5 Å². The van der Waals surface area contributed by atoms with Gasteiger partial charge in [0, 0.05) is 0 Å². The lowest BCUT2D eigenvalue weighted by molar-refractivity contribution is -0.136. The van der Waals surface area contributed by atoms with E-state index < -0.39 is 0 Å². The molecule has 1 rings (SSSR count). The summed E-state index contributed by atoms with van der Waals surface area (Å²) >= 11 is 0. The lowest BCUT2D eigenvalue weighted by atomic mass is 10.0. The first-order chi connectivity index (χ1) is 9.56. The van der Waals surface area contributed by atoms with Crippen molar-refractivity contribution in [3.05, 3.63) is 41.1 Å². The number of methoxy groups -OCH3 is 2. The Bertz CT molecular complexity index is 509. The molecule has 0 saturated heterocycles. The van der Waals surface area contributed by atoms with Gasteiger partial charge >= 0.3 is 5.97 Å². The average molecular weight is 274 g/mol. The van der Waals surface area contributed by atoms with Crippen molar-refractivity contribution in [2.75, 3.05) is 14.2 Å². The van der Waals surface area contributed by atoms with E-state index in [1.807, 2.05) is 24.3 Å². The minimum Gasteiger partial charge on any atom is -0.497 e. The second-order valence-electron chi connectivity index (χ2n) is 4.97. The summed E-state index contributed by atoms with van der Waals surface area (Å²) in [5.74, 6) is 1.00. The van der Waals surface area contributed by atoms with Gasteiger partial charge in [-0.15, -0.1) is 5.73 Å². The van der Waals surface area contributed by atoms with Crippen LogP contribution in [0, 0.1) is 5.92 Å². The van der Waals surface area contributed by atoms with Gasteiger partial charge in [0.25, 0.3) is 0 Å². The first-order valence-electron chi connectivity index (χ1n) is 6.74. The molecule has 0 bridgehead atoms. The van der Waals surface area contributed by atoms with E-state index in [4.69, 9.17) is 9.47 Å². The second kappa shape index (κ2) is 8.23. The maximum atomic E-state index is 11.7. The fourth-order valence-corrected chi connectivity index (χ4v) is 1.69. The Labute approximate surface area is 120 Å². The van der Waals surface area contributed by atoms with E-state index in [9.17, 15) is 4.79 Å². The SMILES string of the molecule is COC(=O)C(=C=Cc1cccc(OC)c1)CCC(C)C. The Kier molecular flexibility index (Phi) is 6.61. The summed E-state index contributed by atoms with van der Waals surface area (Å²) < 4.78 is 9.96. The molecule has 0 N–H and O–H groups in total. The van der Waals surface area contributed by atoms with Gasteiger partial charge in [0.05, 0.1) is 19.8 Å². The van der Waals surface area contributed by atoms with Gasteiger partial charge in [0.15, 0.2) is 0 Å². The molecular formula is C17H22O3. The molecule has 0 atom stereocenters. The van der Waals surface area contributed by atoms with Crippen LogP contribution in [-0.4, -0.2) is 20.2 Å². The Balaban J connectivity index is 2.97. The minimum atomic E-state index is -0.315. The van der Waals surface area contributed by atoms with E-state index in [1.165, 1.54) is 7.11 Å². The number of hydrogen-bond donors (Lipinski definition) is 0. The van der Waals surface area contributed by atoms with Crippen LogP contribution in [0.4, 0.5) is 0 Å². The molecule has 0 aliphatic carbocycles. The predicted octanol–water partition coefficient (Wildman–Crippen LogP) is 3.84. The lowest BCUT2D eigenvalue weighted by Gasteiger charge is -2.05. The highest BCUT2D eigenvalue weighted by Crippen LogP contribution is 2.15. The fourth-order valence-electron chi connectivity index (χ4n) is 1.69. The molecule has 0 heterocycles. The maximum Gasteiger partial charge on any atom is 0.341 e. The first kappa shape index (κ1) is 16.1. The highest BCUT2D eigenvalue weighted by atomic mass is 16.5. The Hall–Kier alpha value is -1.99. The van der Waals surface area contributed by atoms with Crippen LogP contribution in [0.2, 0.25) is 0 Å². The Morgan fingerprint density at radius 2 is 2.10 bits per heavy atom. The number of benzene rings is 1. The molecule has 20 heavy (non-hydrogen) atoms. The van der Waals surface area contributed by atoms with Crippen LogP contribution in [0.25, 0.3) is 6.08 Å². The summed E-state index contributed by atoms with van der Waals surface area (Å²) in [4.78, 5) is 11.7. The molecule has 3 nitrogen and oxygen atoms in total. The fraction of sp³-hybridized carbons (Fsp3) is 0.412. The standard InChI is InChI=1S/C17H22O3/c1-13(2)8-10-15(17(18)20-4)11-9-14-6-5-7-16(12-14)19-3/h5-7,9,12-13H,8,10H2,1-4H3. The van der Waals surface area contributed by atoms with Gasteiger partial charge in [0.2, 0.25) is 0 Å². The topological polar surface area (TPSA) is 35.5 Å². The van der Waals surface area contributed by atoms with Crippen LogP contribution in [-0.2, 0) is 9.53 Å². The molecule has 0 radical (unpaired) electrons. The van der Waals surface area contributed by atoms with E-state index >= 15 is 0 Å². The summed E-state index contributed by atoms with van der Waals surface area (Å²) in [5.41, 5.74) is 4.57. The van der Waals surface area contributed by atoms with E-state index in [-0.39, 0.29) is 5.97 Å². The van der Waals surface area contributed by atoms with E-state index in [0.29, 0.717) is 17.9 Å². The highest BCUT2D eigenvalue weighted by molar-refractivity contribution is 5.88. The van der Waals surface area contributed by atoms with Crippen LogP contribution < -0.4 is 4.74 Å². The van der Waals surface area contributed by atoms with Gasteiger partial charge < -0.3 is 9.47 Å². The number of carbonyl (C=O) groups excluding carboxylic acids is 1. The highest BCUT2D eigenvalue weighted by Gasteiger charge is 2.09. The number of hydrogen-bond acceptors (Lipinski definition) is 3. The van der Waals surface area contributed by atoms with Crippen molar-refractivity contribution >= 4 is 12.0 Å². The summed E-state index contributed by atoms with van der Waals surface area (Å²) in [6.45, 7) is 4.25. The zero-order valence-electron chi connectivity index (χ0n) is 12.6. The zero-order chi connectivity index (χ0) is 15.0. The van der Waals surface area contributed by atoms with Crippen LogP contribution in [0.5, 0.6) is 5.75 Å². The molecule has 3 heteroatoms.